The summed E-state index contributed by atoms with van der Waals surface area (Å²) >= 11 is 0. The van der Waals surface area contributed by atoms with E-state index in [2.05, 4.69) is 10.6 Å². The predicted molar refractivity (Wildman–Crippen MR) is 82.8 cm³/mol. The largest absolute Gasteiger partial charge is 0.462 e. The van der Waals surface area contributed by atoms with Crippen molar-refractivity contribution in [3.63, 3.8) is 0 Å². The lowest BCUT2D eigenvalue weighted by Crippen LogP contribution is -2.41. The number of methoxy groups -OCH3 is 1. The molecule has 1 unspecified atom stereocenters. The molecule has 0 aromatic heterocycles. The van der Waals surface area contributed by atoms with Gasteiger partial charge in [0, 0.05) is 19.3 Å². The average molecular weight is 306 g/mol. The van der Waals surface area contributed by atoms with Crippen molar-refractivity contribution in [3.05, 3.63) is 29.8 Å². The Bertz CT molecular complexity index is 539. The first-order valence-electron chi connectivity index (χ1n) is 7.39. The second kappa shape index (κ2) is 7.38. The number of anilines is 1. The molecule has 1 aliphatic rings. The Kier molecular flexibility index (Phi) is 5.51. The zero-order valence-electron chi connectivity index (χ0n) is 13.0. The van der Waals surface area contributed by atoms with Gasteiger partial charge < -0.3 is 20.1 Å². The number of hydrogen-bond acceptors (Lipinski definition) is 5. The quantitative estimate of drug-likeness (QED) is 0.778. The van der Waals surface area contributed by atoms with Gasteiger partial charge in [-0.05, 0) is 38.1 Å². The summed E-state index contributed by atoms with van der Waals surface area (Å²) in [5, 5.41) is 6.08. The molecule has 2 N–H and O–H groups in total. The van der Waals surface area contributed by atoms with Crippen LogP contribution in [0.3, 0.4) is 0 Å². The molecule has 1 aromatic rings. The van der Waals surface area contributed by atoms with Crippen molar-refractivity contribution in [1.29, 1.82) is 0 Å². The van der Waals surface area contributed by atoms with Gasteiger partial charge >= 0.3 is 5.97 Å². The fraction of sp³-hybridized carbons (Fsp3) is 0.500. The summed E-state index contributed by atoms with van der Waals surface area (Å²) in [6.45, 7) is 3.82. The smallest absolute Gasteiger partial charge is 0.338 e. The number of esters is 1. The molecule has 1 aromatic carbocycles. The average Bonchev–Trinajstić information content (AvgIpc) is 2.98. The molecule has 0 radical (unpaired) electrons. The van der Waals surface area contributed by atoms with Crippen molar-refractivity contribution in [2.45, 2.75) is 13.3 Å². The molecule has 0 aliphatic carbocycles. The Morgan fingerprint density at radius 2 is 2.23 bits per heavy atom. The van der Waals surface area contributed by atoms with E-state index < -0.39 is 11.4 Å². The number of amides is 1. The van der Waals surface area contributed by atoms with E-state index in [1.54, 1.807) is 38.3 Å². The maximum atomic E-state index is 12.6. The highest BCUT2D eigenvalue weighted by molar-refractivity contribution is 5.97. The molecule has 1 saturated heterocycles. The van der Waals surface area contributed by atoms with Gasteiger partial charge in [-0.15, -0.1) is 0 Å². The lowest BCUT2D eigenvalue weighted by atomic mass is 9.87. The van der Waals surface area contributed by atoms with E-state index in [0.717, 1.165) is 13.0 Å². The van der Waals surface area contributed by atoms with Crippen molar-refractivity contribution >= 4 is 17.6 Å². The minimum Gasteiger partial charge on any atom is -0.462 e. The summed E-state index contributed by atoms with van der Waals surface area (Å²) in [6, 6.07) is 6.76. The van der Waals surface area contributed by atoms with Crippen LogP contribution < -0.4 is 10.6 Å². The molecular formula is C16H22N2O4. The highest BCUT2D eigenvalue weighted by atomic mass is 16.5. The summed E-state index contributed by atoms with van der Waals surface area (Å²) < 4.78 is 10.2. The molecule has 6 heteroatoms. The van der Waals surface area contributed by atoms with Gasteiger partial charge in [0.1, 0.15) is 0 Å². The summed E-state index contributed by atoms with van der Waals surface area (Å²) in [6.07, 6.45) is 0.726. The van der Waals surface area contributed by atoms with Gasteiger partial charge in [0.15, 0.2) is 0 Å². The van der Waals surface area contributed by atoms with E-state index in [1.165, 1.54) is 0 Å². The lowest BCUT2D eigenvalue weighted by molar-refractivity contribution is -0.127. The number of rotatable bonds is 6. The molecule has 1 fully saturated rings. The van der Waals surface area contributed by atoms with Gasteiger partial charge in [0.25, 0.3) is 0 Å². The fourth-order valence-electron chi connectivity index (χ4n) is 2.60. The minimum absolute atomic E-state index is 0.0969. The molecule has 1 amide bonds. The fourth-order valence-corrected chi connectivity index (χ4v) is 2.60. The van der Waals surface area contributed by atoms with E-state index in [9.17, 15) is 9.59 Å². The van der Waals surface area contributed by atoms with Gasteiger partial charge in [-0.1, -0.05) is 6.07 Å². The van der Waals surface area contributed by atoms with Crippen molar-refractivity contribution in [2.75, 3.05) is 38.7 Å². The number of benzene rings is 1. The summed E-state index contributed by atoms with van der Waals surface area (Å²) in [7, 11) is 1.59. The molecule has 0 bridgehead atoms. The molecule has 120 valence electrons. The maximum Gasteiger partial charge on any atom is 0.338 e. The maximum absolute atomic E-state index is 12.6. The second-order valence-corrected chi connectivity index (χ2v) is 5.40. The highest BCUT2D eigenvalue weighted by Gasteiger charge is 2.41. The van der Waals surface area contributed by atoms with Crippen LogP contribution in [0.1, 0.15) is 23.7 Å². The number of ether oxygens (including phenoxy) is 2. The van der Waals surface area contributed by atoms with Crippen LogP contribution in [-0.2, 0) is 14.3 Å². The summed E-state index contributed by atoms with van der Waals surface area (Å²) in [5.74, 6) is -0.493. The van der Waals surface area contributed by atoms with Crippen LogP contribution in [0.15, 0.2) is 24.3 Å². The topological polar surface area (TPSA) is 76.7 Å². The van der Waals surface area contributed by atoms with Crippen LogP contribution >= 0.6 is 0 Å². The second-order valence-electron chi connectivity index (χ2n) is 5.40. The SMILES string of the molecule is CCOC(=O)c1cccc(NC(=O)C2(COC)CCNC2)c1. The predicted octanol–water partition coefficient (Wildman–Crippen LogP) is 1.43. The number of carbonyl (C=O) groups is 2. The summed E-state index contributed by atoms with van der Waals surface area (Å²) in [5.41, 5.74) is 0.442. The van der Waals surface area contributed by atoms with Gasteiger partial charge in [-0.3, -0.25) is 4.79 Å². The van der Waals surface area contributed by atoms with Crippen LogP contribution in [0.4, 0.5) is 5.69 Å². The third-order valence-corrected chi connectivity index (χ3v) is 3.78. The highest BCUT2D eigenvalue weighted by Crippen LogP contribution is 2.28. The van der Waals surface area contributed by atoms with Crippen molar-refractivity contribution < 1.29 is 19.1 Å². The van der Waals surface area contributed by atoms with E-state index >= 15 is 0 Å². The van der Waals surface area contributed by atoms with Gasteiger partial charge in [0.2, 0.25) is 5.91 Å². The normalized spacial score (nSPS) is 20.6. The first-order chi connectivity index (χ1) is 10.6. The van der Waals surface area contributed by atoms with Crippen molar-refractivity contribution in [2.24, 2.45) is 5.41 Å². The third kappa shape index (κ3) is 3.64. The Hall–Kier alpha value is -1.92. The lowest BCUT2D eigenvalue weighted by Gasteiger charge is -2.26. The van der Waals surface area contributed by atoms with Crippen molar-refractivity contribution in [1.82, 2.24) is 5.32 Å². The number of hydrogen-bond donors (Lipinski definition) is 2. The Morgan fingerprint density at radius 1 is 1.41 bits per heavy atom. The molecule has 22 heavy (non-hydrogen) atoms. The zero-order chi connectivity index (χ0) is 16.0. The van der Waals surface area contributed by atoms with Crippen LogP contribution in [0, 0.1) is 5.41 Å². The van der Waals surface area contributed by atoms with E-state index in [0.29, 0.717) is 31.0 Å². The van der Waals surface area contributed by atoms with Gasteiger partial charge in [-0.25, -0.2) is 4.79 Å². The summed E-state index contributed by atoms with van der Waals surface area (Å²) in [4.78, 5) is 24.3. The molecule has 0 saturated carbocycles. The van der Waals surface area contributed by atoms with E-state index in [1.807, 2.05) is 0 Å². The molecular weight excluding hydrogens is 284 g/mol. The number of nitrogens with one attached hydrogen (secondary N) is 2. The van der Waals surface area contributed by atoms with Crippen LogP contribution in [0.2, 0.25) is 0 Å². The molecule has 1 atom stereocenters. The number of carbonyl (C=O) groups excluding carboxylic acids is 2. The Balaban J connectivity index is 2.11. The zero-order valence-corrected chi connectivity index (χ0v) is 13.0. The first-order valence-corrected chi connectivity index (χ1v) is 7.39. The molecule has 1 heterocycles. The van der Waals surface area contributed by atoms with E-state index in [4.69, 9.17) is 9.47 Å². The van der Waals surface area contributed by atoms with Gasteiger partial charge in [-0.2, -0.15) is 0 Å². The van der Waals surface area contributed by atoms with Crippen molar-refractivity contribution in [3.8, 4) is 0 Å². The Labute approximate surface area is 130 Å². The molecule has 2 rings (SSSR count). The first kappa shape index (κ1) is 16.5. The minimum atomic E-state index is -0.561. The standard InChI is InChI=1S/C16H22N2O4/c1-3-22-14(19)12-5-4-6-13(9-12)18-15(20)16(11-21-2)7-8-17-10-16/h4-6,9,17H,3,7-8,10-11H2,1-2H3,(H,18,20). The third-order valence-electron chi connectivity index (χ3n) is 3.78. The van der Waals surface area contributed by atoms with Gasteiger partial charge in [0.05, 0.1) is 24.2 Å². The Morgan fingerprint density at radius 3 is 2.86 bits per heavy atom. The van der Waals surface area contributed by atoms with Crippen LogP contribution in [0.25, 0.3) is 0 Å². The van der Waals surface area contributed by atoms with E-state index in [-0.39, 0.29) is 5.91 Å². The van der Waals surface area contributed by atoms with Crippen LogP contribution in [0.5, 0.6) is 0 Å². The van der Waals surface area contributed by atoms with Crippen LogP contribution in [-0.4, -0.2) is 45.3 Å². The molecule has 1 aliphatic heterocycles. The monoisotopic (exact) mass is 306 g/mol. The molecule has 0 spiro atoms. The molecule has 6 nitrogen and oxygen atoms in total.